The highest BCUT2D eigenvalue weighted by molar-refractivity contribution is 7.15. The van der Waals surface area contributed by atoms with E-state index in [1.165, 1.54) is 37.0 Å². The number of aromatic nitrogens is 1. The van der Waals surface area contributed by atoms with Crippen LogP contribution in [0.1, 0.15) is 36.7 Å². The van der Waals surface area contributed by atoms with Crippen molar-refractivity contribution >= 4 is 22.9 Å². The van der Waals surface area contributed by atoms with E-state index in [4.69, 9.17) is 11.6 Å². The first-order valence-electron chi connectivity index (χ1n) is 5.27. The zero-order valence-electron chi connectivity index (χ0n) is 8.45. The van der Waals surface area contributed by atoms with Crippen LogP contribution in [-0.2, 0) is 0 Å². The summed E-state index contributed by atoms with van der Waals surface area (Å²) in [5, 5.41) is 13.6. The standard InChI is InChI=1S/C10H15ClN2OS/c11-9-5-12-10(15-9)8(6-14)13-7-3-1-2-4-7/h5,7-8,13-14H,1-4,6H2. The number of nitrogens with zero attached hydrogens (tertiary/aromatic N) is 1. The molecular formula is C10H15ClN2OS. The Morgan fingerprint density at radius 2 is 2.33 bits per heavy atom. The Morgan fingerprint density at radius 1 is 1.60 bits per heavy atom. The third kappa shape index (κ3) is 2.91. The van der Waals surface area contributed by atoms with Crippen molar-refractivity contribution in [3.05, 3.63) is 15.5 Å². The molecule has 0 saturated heterocycles. The van der Waals surface area contributed by atoms with Crippen molar-refractivity contribution in [1.29, 1.82) is 0 Å². The Kier molecular flexibility index (Phi) is 3.97. The van der Waals surface area contributed by atoms with Gasteiger partial charge in [0.1, 0.15) is 9.34 Å². The second-order valence-corrected chi connectivity index (χ2v) is 5.58. The van der Waals surface area contributed by atoms with Crippen LogP contribution < -0.4 is 5.32 Å². The average molecular weight is 247 g/mol. The van der Waals surface area contributed by atoms with E-state index in [0.29, 0.717) is 10.4 Å². The Hall–Kier alpha value is -0.160. The monoisotopic (exact) mass is 246 g/mol. The van der Waals surface area contributed by atoms with Crippen molar-refractivity contribution in [1.82, 2.24) is 10.3 Å². The predicted molar refractivity (Wildman–Crippen MR) is 62.3 cm³/mol. The Balaban J connectivity index is 1.97. The average Bonchev–Trinajstić information content (AvgIpc) is 2.85. The summed E-state index contributed by atoms with van der Waals surface area (Å²) in [7, 11) is 0. The number of rotatable bonds is 4. The van der Waals surface area contributed by atoms with Gasteiger partial charge in [-0.25, -0.2) is 4.98 Å². The van der Waals surface area contributed by atoms with Crippen molar-refractivity contribution < 1.29 is 5.11 Å². The molecule has 84 valence electrons. The zero-order chi connectivity index (χ0) is 10.7. The van der Waals surface area contributed by atoms with Crippen LogP contribution in [0.2, 0.25) is 4.34 Å². The summed E-state index contributed by atoms with van der Waals surface area (Å²) in [5.74, 6) is 0. The lowest BCUT2D eigenvalue weighted by Gasteiger charge is -2.18. The Labute approximate surface area is 98.5 Å². The number of hydrogen-bond donors (Lipinski definition) is 2. The van der Waals surface area contributed by atoms with Crippen LogP contribution in [0.25, 0.3) is 0 Å². The summed E-state index contributed by atoms with van der Waals surface area (Å²) < 4.78 is 0.677. The first-order valence-corrected chi connectivity index (χ1v) is 6.47. The van der Waals surface area contributed by atoms with E-state index in [1.54, 1.807) is 6.20 Å². The molecule has 1 atom stereocenters. The minimum Gasteiger partial charge on any atom is -0.394 e. The van der Waals surface area contributed by atoms with Gasteiger partial charge in [0.15, 0.2) is 0 Å². The van der Waals surface area contributed by atoms with Gasteiger partial charge < -0.3 is 10.4 Å². The lowest BCUT2D eigenvalue weighted by Crippen LogP contribution is -2.32. The van der Waals surface area contributed by atoms with E-state index >= 15 is 0 Å². The molecule has 1 unspecified atom stereocenters. The summed E-state index contributed by atoms with van der Waals surface area (Å²) in [4.78, 5) is 4.19. The van der Waals surface area contributed by atoms with Gasteiger partial charge in [-0.15, -0.1) is 11.3 Å². The van der Waals surface area contributed by atoms with Gasteiger partial charge in [0.05, 0.1) is 18.8 Å². The van der Waals surface area contributed by atoms with Gasteiger partial charge in [0.2, 0.25) is 0 Å². The lowest BCUT2D eigenvalue weighted by molar-refractivity contribution is 0.232. The molecule has 1 heterocycles. The van der Waals surface area contributed by atoms with E-state index in [0.717, 1.165) is 5.01 Å². The third-order valence-electron chi connectivity index (χ3n) is 2.77. The topological polar surface area (TPSA) is 45.1 Å². The molecule has 1 fully saturated rings. The molecular weight excluding hydrogens is 232 g/mol. The van der Waals surface area contributed by atoms with E-state index in [1.807, 2.05) is 0 Å². The number of nitrogens with one attached hydrogen (secondary N) is 1. The fraction of sp³-hybridized carbons (Fsp3) is 0.700. The summed E-state index contributed by atoms with van der Waals surface area (Å²) in [5.41, 5.74) is 0. The minimum absolute atomic E-state index is 0.0504. The highest BCUT2D eigenvalue weighted by Crippen LogP contribution is 2.26. The molecule has 2 rings (SSSR count). The molecule has 1 aromatic heterocycles. The molecule has 1 aromatic rings. The second kappa shape index (κ2) is 5.25. The quantitative estimate of drug-likeness (QED) is 0.857. The molecule has 0 aromatic carbocycles. The molecule has 15 heavy (non-hydrogen) atoms. The first kappa shape index (κ1) is 11.3. The summed E-state index contributed by atoms with van der Waals surface area (Å²) in [6, 6.07) is 0.482. The van der Waals surface area contributed by atoms with Crippen LogP contribution in [0.15, 0.2) is 6.20 Å². The number of hydrogen-bond acceptors (Lipinski definition) is 4. The number of aliphatic hydroxyl groups excluding tert-OH is 1. The molecule has 0 aliphatic heterocycles. The van der Waals surface area contributed by atoms with Crippen molar-refractivity contribution in [3.63, 3.8) is 0 Å². The second-order valence-electron chi connectivity index (χ2n) is 3.89. The van der Waals surface area contributed by atoms with Gasteiger partial charge in [-0.05, 0) is 12.8 Å². The van der Waals surface area contributed by atoms with Crippen LogP contribution in [0.5, 0.6) is 0 Å². The molecule has 1 aliphatic carbocycles. The van der Waals surface area contributed by atoms with Crippen LogP contribution >= 0.6 is 22.9 Å². The Bertz CT molecular complexity index is 312. The minimum atomic E-state index is -0.0504. The van der Waals surface area contributed by atoms with Crippen LogP contribution in [0, 0.1) is 0 Å². The van der Waals surface area contributed by atoms with Crippen molar-refractivity contribution in [2.75, 3.05) is 6.61 Å². The van der Waals surface area contributed by atoms with Gasteiger partial charge in [-0.3, -0.25) is 0 Å². The predicted octanol–water partition coefficient (Wildman–Crippen LogP) is 2.36. The summed E-state index contributed by atoms with van der Waals surface area (Å²) >= 11 is 7.26. The molecule has 1 saturated carbocycles. The first-order chi connectivity index (χ1) is 7.29. The largest absolute Gasteiger partial charge is 0.394 e. The fourth-order valence-corrected chi connectivity index (χ4v) is 2.99. The van der Waals surface area contributed by atoms with E-state index in [-0.39, 0.29) is 12.6 Å². The maximum absolute atomic E-state index is 9.31. The number of thiazole rings is 1. The maximum atomic E-state index is 9.31. The fourth-order valence-electron chi connectivity index (χ4n) is 2.01. The third-order valence-corrected chi connectivity index (χ3v) is 4.00. The molecule has 0 amide bonds. The molecule has 2 N–H and O–H groups in total. The highest BCUT2D eigenvalue weighted by Gasteiger charge is 2.21. The molecule has 1 aliphatic rings. The lowest BCUT2D eigenvalue weighted by atomic mass is 10.2. The van der Waals surface area contributed by atoms with E-state index in [2.05, 4.69) is 10.3 Å². The Morgan fingerprint density at radius 3 is 2.87 bits per heavy atom. The molecule has 0 spiro atoms. The summed E-state index contributed by atoms with van der Waals surface area (Å²) in [6.07, 6.45) is 6.62. The molecule has 5 heteroatoms. The maximum Gasteiger partial charge on any atom is 0.113 e. The van der Waals surface area contributed by atoms with E-state index < -0.39 is 0 Å². The van der Waals surface area contributed by atoms with Gasteiger partial charge in [-0.2, -0.15) is 0 Å². The van der Waals surface area contributed by atoms with Gasteiger partial charge in [0, 0.05) is 6.04 Å². The zero-order valence-corrected chi connectivity index (χ0v) is 10.0. The van der Waals surface area contributed by atoms with Crippen molar-refractivity contribution in [2.45, 2.75) is 37.8 Å². The van der Waals surface area contributed by atoms with Gasteiger partial charge in [-0.1, -0.05) is 24.4 Å². The van der Waals surface area contributed by atoms with Crippen LogP contribution in [-0.4, -0.2) is 22.7 Å². The van der Waals surface area contributed by atoms with Crippen LogP contribution in [0.4, 0.5) is 0 Å². The normalized spacial score (nSPS) is 19.6. The smallest absolute Gasteiger partial charge is 0.113 e. The van der Waals surface area contributed by atoms with Crippen LogP contribution in [0.3, 0.4) is 0 Å². The van der Waals surface area contributed by atoms with Crippen molar-refractivity contribution in [3.8, 4) is 0 Å². The van der Waals surface area contributed by atoms with Gasteiger partial charge >= 0.3 is 0 Å². The number of aliphatic hydroxyl groups is 1. The molecule has 0 bridgehead atoms. The molecule has 0 radical (unpaired) electrons. The van der Waals surface area contributed by atoms with Crippen molar-refractivity contribution in [2.24, 2.45) is 0 Å². The number of halogens is 1. The highest BCUT2D eigenvalue weighted by atomic mass is 35.5. The van der Waals surface area contributed by atoms with E-state index in [9.17, 15) is 5.11 Å². The SMILES string of the molecule is OCC(NC1CCCC1)c1ncc(Cl)s1. The molecule has 3 nitrogen and oxygen atoms in total. The summed E-state index contributed by atoms with van der Waals surface area (Å²) in [6.45, 7) is 0.0837. The van der Waals surface area contributed by atoms with Gasteiger partial charge in [0.25, 0.3) is 0 Å².